The zero-order valence-corrected chi connectivity index (χ0v) is 7.31. The fourth-order valence-corrected chi connectivity index (χ4v) is 1.54. The summed E-state index contributed by atoms with van der Waals surface area (Å²) >= 11 is 0. The third-order valence-electron chi connectivity index (χ3n) is 1.45. The second-order valence-electron chi connectivity index (χ2n) is 2.21. The minimum atomic E-state index is -1.44. The largest absolute Gasteiger partial charge is 0.377 e. The van der Waals surface area contributed by atoms with Gasteiger partial charge in [0.05, 0.1) is 6.35 Å². The van der Waals surface area contributed by atoms with Crippen molar-refractivity contribution in [3.05, 3.63) is 0 Å². The van der Waals surface area contributed by atoms with Crippen LogP contribution < -0.4 is 0 Å². The summed E-state index contributed by atoms with van der Waals surface area (Å²) in [5.41, 5.74) is 0.343. The van der Waals surface area contributed by atoms with Crippen LogP contribution in [0, 0.1) is 0 Å². The van der Waals surface area contributed by atoms with E-state index in [1.165, 1.54) is 0 Å². The number of methoxy groups -OCH3 is 1. The molecule has 0 aromatic carbocycles. The first-order valence-corrected chi connectivity index (χ1v) is 4.93. The summed E-state index contributed by atoms with van der Waals surface area (Å²) in [6.45, 7) is 4.04. The maximum atomic E-state index is 11.0. The van der Waals surface area contributed by atoms with Crippen molar-refractivity contribution in [1.82, 2.24) is 0 Å². The summed E-state index contributed by atoms with van der Waals surface area (Å²) in [5, 5.41) is 0. The van der Waals surface area contributed by atoms with Crippen LogP contribution in [0.1, 0.15) is 20.3 Å². The Morgan fingerprint density at radius 2 is 2.22 bits per heavy atom. The Kier molecular flexibility index (Phi) is 5.12. The third kappa shape index (κ3) is 3.72. The molecule has 0 N–H and O–H groups in total. The Morgan fingerprint density at radius 1 is 1.67 bits per heavy atom. The molecule has 0 radical (unpaired) electrons. The SMILES string of the molecule is CCC(C)[PH](=O)COC. The van der Waals surface area contributed by atoms with Gasteiger partial charge in [-0.2, -0.15) is 0 Å². The van der Waals surface area contributed by atoms with E-state index in [1.54, 1.807) is 7.11 Å². The summed E-state index contributed by atoms with van der Waals surface area (Å²) in [5.74, 6) is 0. The normalized spacial score (nSPS) is 17.2. The molecule has 0 aliphatic heterocycles. The van der Waals surface area contributed by atoms with Crippen molar-refractivity contribution in [1.29, 1.82) is 0 Å². The quantitative estimate of drug-likeness (QED) is 0.572. The highest BCUT2D eigenvalue weighted by Crippen LogP contribution is 2.28. The van der Waals surface area contributed by atoms with Crippen LogP contribution in [0.3, 0.4) is 0 Å². The highest BCUT2D eigenvalue weighted by Gasteiger charge is 2.06. The van der Waals surface area contributed by atoms with Crippen molar-refractivity contribution in [2.75, 3.05) is 13.5 Å². The number of hydrogen-bond donors (Lipinski definition) is 0. The van der Waals surface area contributed by atoms with E-state index in [-0.39, 0.29) is 0 Å². The molecule has 0 heterocycles. The lowest BCUT2D eigenvalue weighted by Crippen LogP contribution is -1.95. The van der Waals surface area contributed by atoms with Crippen molar-refractivity contribution >= 4 is 7.80 Å². The molecule has 0 amide bonds. The molecule has 0 rings (SSSR count). The Bertz CT molecular complexity index is 93.1. The number of ether oxygens (including phenoxy) is 1. The van der Waals surface area contributed by atoms with Crippen molar-refractivity contribution in [2.45, 2.75) is 25.9 Å². The van der Waals surface area contributed by atoms with Gasteiger partial charge in [-0.3, -0.25) is 0 Å². The molecule has 0 spiro atoms. The smallest absolute Gasteiger partial charge is 0.103 e. The molecule has 2 atom stereocenters. The molecule has 0 fully saturated rings. The molecule has 2 nitrogen and oxygen atoms in total. The van der Waals surface area contributed by atoms with Gasteiger partial charge < -0.3 is 9.30 Å². The molecular formula is C6H15O2P. The zero-order valence-electron chi connectivity index (χ0n) is 6.31. The Balaban J connectivity index is 3.46. The van der Waals surface area contributed by atoms with Gasteiger partial charge in [0, 0.05) is 12.8 Å². The predicted molar refractivity (Wildman–Crippen MR) is 40.6 cm³/mol. The van der Waals surface area contributed by atoms with Gasteiger partial charge in [-0.1, -0.05) is 13.8 Å². The van der Waals surface area contributed by atoms with Crippen LogP contribution in [0.5, 0.6) is 0 Å². The van der Waals surface area contributed by atoms with Gasteiger partial charge in [0.1, 0.15) is 7.80 Å². The van der Waals surface area contributed by atoms with E-state index in [2.05, 4.69) is 0 Å². The highest BCUT2D eigenvalue weighted by molar-refractivity contribution is 7.45. The Morgan fingerprint density at radius 3 is 2.56 bits per heavy atom. The van der Waals surface area contributed by atoms with Gasteiger partial charge in [0.25, 0.3) is 0 Å². The second kappa shape index (κ2) is 5.01. The van der Waals surface area contributed by atoms with Gasteiger partial charge in [0.15, 0.2) is 0 Å². The summed E-state index contributed by atoms with van der Waals surface area (Å²) in [6, 6.07) is 0. The molecule has 0 bridgehead atoms. The van der Waals surface area contributed by atoms with Crippen molar-refractivity contribution < 1.29 is 9.30 Å². The highest BCUT2D eigenvalue weighted by atomic mass is 31.1. The molecule has 2 unspecified atom stereocenters. The minimum absolute atomic E-state index is 0.343. The first kappa shape index (κ1) is 9.19. The van der Waals surface area contributed by atoms with Crippen LogP contribution in [0.15, 0.2) is 0 Å². The van der Waals surface area contributed by atoms with E-state index < -0.39 is 7.80 Å². The van der Waals surface area contributed by atoms with E-state index in [1.807, 2.05) is 13.8 Å². The van der Waals surface area contributed by atoms with E-state index in [0.29, 0.717) is 12.0 Å². The summed E-state index contributed by atoms with van der Waals surface area (Å²) < 4.78 is 15.8. The van der Waals surface area contributed by atoms with Crippen molar-refractivity contribution in [3.8, 4) is 0 Å². The standard InChI is InChI=1S/C6H15O2P/c1-4-6(2)9(7)5-8-3/h6,9H,4-5H2,1-3H3. The molecule has 0 saturated heterocycles. The fourth-order valence-electron chi connectivity index (χ4n) is 0.512. The summed E-state index contributed by atoms with van der Waals surface area (Å²) in [7, 11) is 0.147. The van der Waals surface area contributed by atoms with Crippen LogP contribution in [0.2, 0.25) is 0 Å². The lowest BCUT2D eigenvalue weighted by atomic mass is 10.4. The van der Waals surface area contributed by atoms with Crippen molar-refractivity contribution in [2.24, 2.45) is 0 Å². The van der Waals surface area contributed by atoms with Gasteiger partial charge in [-0.05, 0) is 6.42 Å². The van der Waals surface area contributed by atoms with Gasteiger partial charge in [-0.25, -0.2) is 0 Å². The summed E-state index contributed by atoms with van der Waals surface area (Å²) in [6.07, 6.45) is 1.43. The first-order chi connectivity index (χ1) is 4.22. The minimum Gasteiger partial charge on any atom is -0.377 e. The Hall–Kier alpha value is 0.190. The van der Waals surface area contributed by atoms with E-state index in [9.17, 15) is 4.57 Å². The first-order valence-electron chi connectivity index (χ1n) is 3.24. The summed E-state index contributed by atoms with van der Waals surface area (Å²) in [4.78, 5) is 0. The van der Waals surface area contributed by atoms with E-state index >= 15 is 0 Å². The molecule has 9 heavy (non-hydrogen) atoms. The van der Waals surface area contributed by atoms with Crippen molar-refractivity contribution in [3.63, 3.8) is 0 Å². The molecule has 0 aromatic rings. The maximum absolute atomic E-state index is 11.0. The van der Waals surface area contributed by atoms with E-state index in [0.717, 1.165) is 6.42 Å². The average molecular weight is 150 g/mol. The van der Waals surface area contributed by atoms with Gasteiger partial charge in [0.2, 0.25) is 0 Å². The monoisotopic (exact) mass is 150 g/mol. The van der Waals surface area contributed by atoms with E-state index in [4.69, 9.17) is 4.74 Å². The molecule has 0 saturated carbocycles. The maximum Gasteiger partial charge on any atom is 0.103 e. The topological polar surface area (TPSA) is 26.3 Å². The molecule has 3 heteroatoms. The van der Waals surface area contributed by atoms with Crippen LogP contribution in [0.25, 0.3) is 0 Å². The van der Waals surface area contributed by atoms with Crippen LogP contribution in [-0.2, 0) is 9.30 Å². The average Bonchev–Trinajstić information content (AvgIpc) is 1.87. The van der Waals surface area contributed by atoms with Crippen LogP contribution in [-0.4, -0.2) is 19.1 Å². The van der Waals surface area contributed by atoms with Gasteiger partial charge in [-0.15, -0.1) is 0 Å². The third-order valence-corrected chi connectivity index (χ3v) is 3.53. The lowest BCUT2D eigenvalue weighted by Gasteiger charge is -2.05. The zero-order chi connectivity index (χ0) is 7.28. The van der Waals surface area contributed by atoms with Crippen LogP contribution in [0.4, 0.5) is 0 Å². The number of hydrogen-bond acceptors (Lipinski definition) is 2. The van der Waals surface area contributed by atoms with Crippen LogP contribution >= 0.6 is 7.80 Å². The molecular weight excluding hydrogens is 135 g/mol. The molecule has 56 valence electrons. The molecule has 0 aliphatic rings. The fraction of sp³-hybridized carbons (Fsp3) is 1.00. The lowest BCUT2D eigenvalue weighted by molar-refractivity contribution is 0.250. The molecule has 0 aromatic heterocycles. The Labute approximate surface area is 57.4 Å². The molecule has 0 aliphatic carbocycles. The second-order valence-corrected chi connectivity index (χ2v) is 4.42. The predicted octanol–water partition coefficient (Wildman–Crippen LogP) is 1.95. The number of rotatable bonds is 4. The van der Waals surface area contributed by atoms with Gasteiger partial charge >= 0.3 is 0 Å².